The third kappa shape index (κ3) is 2.66. The number of hydrogen-bond acceptors (Lipinski definition) is 5. The van der Waals surface area contributed by atoms with Gasteiger partial charge >= 0.3 is 5.69 Å². The predicted molar refractivity (Wildman–Crippen MR) is 106 cm³/mol. The van der Waals surface area contributed by atoms with Gasteiger partial charge in [-0.05, 0) is 30.9 Å². The third-order valence-corrected chi connectivity index (χ3v) is 6.04. The standard InChI is InChI=1S/C20H24N6O2/c1-13-6-2-4-8-15(13)22-17(27)12-25-20(28)26-16-9-5-3-7-14(16)18-21-10-11-24(18)19(26)23-25/h3,5,7,9,13,15H,2,4,6,8,10-12H2,1H3,(H,22,27)/t13-,15+/m1/s1. The number of benzene rings is 1. The van der Waals surface area contributed by atoms with Crippen LogP contribution in [0.3, 0.4) is 0 Å². The van der Waals surface area contributed by atoms with E-state index in [2.05, 4.69) is 22.3 Å². The Labute approximate surface area is 162 Å². The van der Waals surface area contributed by atoms with Crippen molar-refractivity contribution in [2.75, 3.05) is 18.0 Å². The second-order valence-corrected chi connectivity index (χ2v) is 7.89. The van der Waals surface area contributed by atoms with E-state index in [9.17, 15) is 9.59 Å². The molecule has 0 saturated heterocycles. The highest BCUT2D eigenvalue weighted by Crippen LogP contribution is 2.29. The first kappa shape index (κ1) is 17.2. The molecule has 1 aliphatic carbocycles. The number of rotatable bonds is 3. The summed E-state index contributed by atoms with van der Waals surface area (Å²) >= 11 is 0. The maximum atomic E-state index is 13.1. The Balaban J connectivity index is 1.45. The highest BCUT2D eigenvalue weighted by Gasteiger charge is 2.34. The number of carbonyl (C=O) groups excluding carboxylic acids is 1. The smallest absolute Gasteiger partial charge is 0.351 e. The number of amidine groups is 1. The molecule has 0 spiro atoms. The highest BCUT2D eigenvalue weighted by atomic mass is 16.2. The van der Waals surface area contributed by atoms with E-state index < -0.39 is 0 Å². The van der Waals surface area contributed by atoms with Crippen LogP contribution in [0.2, 0.25) is 0 Å². The van der Waals surface area contributed by atoms with Crippen molar-refractivity contribution in [3.63, 3.8) is 0 Å². The fourth-order valence-corrected chi connectivity index (χ4v) is 4.53. The Hall–Kier alpha value is -2.90. The van der Waals surface area contributed by atoms with Crippen LogP contribution in [0.4, 0.5) is 5.95 Å². The molecule has 1 saturated carbocycles. The molecule has 1 N–H and O–H groups in total. The zero-order valence-corrected chi connectivity index (χ0v) is 16.0. The molecule has 1 amide bonds. The zero-order valence-electron chi connectivity index (χ0n) is 16.0. The summed E-state index contributed by atoms with van der Waals surface area (Å²) in [5, 5.41) is 7.60. The molecule has 0 unspecified atom stereocenters. The van der Waals surface area contributed by atoms with Crippen LogP contribution in [-0.2, 0) is 11.3 Å². The van der Waals surface area contributed by atoms with Crippen molar-refractivity contribution in [3.05, 3.63) is 40.3 Å². The Kier molecular flexibility index (Phi) is 4.07. The summed E-state index contributed by atoms with van der Waals surface area (Å²) in [6.07, 6.45) is 4.50. The molecule has 3 aliphatic rings. The van der Waals surface area contributed by atoms with Crippen molar-refractivity contribution >= 4 is 17.7 Å². The molecule has 0 radical (unpaired) electrons. The van der Waals surface area contributed by atoms with E-state index in [1.807, 2.05) is 29.2 Å². The lowest BCUT2D eigenvalue weighted by Crippen LogP contribution is -2.43. The molecule has 28 heavy (non-hydrogen) atoms. The van der Waals surface area contributed by atoms with E-state index in [0.29, 0.717) is 25.0 Å². The van der Waals surface area contributed by atoms with Gasteiger partial charge in [0.1, 0.15) is 12.4 Å². The summed E-state index contributed by atoms with van der Waals surface area (Å²) in [4.78, 5) is 32.2. The zero-order chi connectivity index (χ0) is 19.3. The molecule has 2 atom stereocenters. The van der Waals surface area contributed by atoms with Gasteiger partial charge in [0, 0.05) is 18.2 Å². The molecule has 1 aromatic carbocycles. The van der Waals surface area contributed by atoms with Gasteiger partial charge in [0.2, 0.25) is 11.9 Å². The Morgan fingerprint density at radius 1 is 1.25 bits per heavy atom. The molecule has 1 aromatic heterocycles. The maximum absolute atomic E-state index is 13.1. The number of aliphatic imine (C=N–C) groups is 1. The monoisotopic (exact) mass is 380 g/mol. The Morgan fingerprint density at radius 3 is 2.93 bits per heavy atom. The van der Waals surface area contributed by atoms with E-state index in [1.165, 1.54) is 11.1 Å². The van der Waals surface area contributed by atoms with Crippen LogP contribution in [0.1, 0.15) is 38.2 Å². The van der Waals surface area contributed by atoms with E-state index in [-0.39, 0.29) is 24.2 Å². The van der Waals surface area contributed by atoms with Crippen molar-refractivity contribution in [2.45, 2.75) is 45.2 Å². The average molecular weight is 380 g/mol. The molecule has 5 rings (SSSR count). The van der Waals surface area contributed by atoms with Crippen molar-refractivity contribution in [1.82, 2.24) is 19.7 Å². The third-order valence-electron chi connectivity index (χ3n) is 6.04. The molecule has 8 nitrogen and oxygen atoms in total. The summed E-state index contributed by atoms with van der Waals surface area (Å²) < 4.78 is 2.87. The fourth-order valence-electron chi connectivity index (χ4n) is 4.53. The topological polar surface area (TPSA) is 84.5 Å². The number of aromatic nitrogens is 3. The van der Waals surface area contributed by atoms with Gasteiger partial charge in [-0.3, -0.25) is 14.7 Å². The van der Waals surface area contributed by atoms with E-state index in [1.54, 1.807) is 4.57 Å². The van der Waals surface area contributed by atoms with Crippen molar-refractivity contribution < 1.29 is 4.79 Å². The number of amides is 1. The number of nitrogens with one attached hydrogen (secondary N) is 1. The number of nitrogens with zero attached hydrogens (tertiary/aromatic N) is 5. The van der Waals surface area contributed by atoms with E-state index in [0.717, 1.165) is 36.3 Å². The number of fused-ring (bicyclic) bond motifs is 6. The Morgan fingerprint density at radius 2 is 2.07 bits per heavy atom. The summed E-state index contributed by atoms with van der Waals surface area (Å²) in [6.45, 7) is 3.47. The molecule has 8 heteroatoms. The fraction of sp³-hybridized carbons (Fsp3) is 0.500. The number of carbonyl (C=O) groups is 1. The summed E-state index contributed by atoms with van der Waals surface area (Å²) in [5.41, 5.74) is 1.40. The molecule has 2 aliphatic heterocycles. The second kappa shape index (κ2) is 6.61. The molecule has 0 bridgehead atoms. The minimum Gasteiger partial charge on any atom is -0.351 e. The van der Waals surface area contributed by atoms with Gasteiger partial charge in [0.05, 0.1) is 12.2 Å². The van der Waals surface area contributed by atoms with Crippen LogP contribution < -0.4 is 15.9 Å². The predicted octanol–water partition coefficient (Wildman–Crippen LogP) is 1.31. The van der Waals surface area contributed by atoms with Crippen LogP contribution >= 0.6 is 0 Å². The quantitative estimate of drug-likeness (QED) is 0.870. The van der Waals surface area contributed by atoms with Crippen LogP contribution in [-0.4, -0.2) is 45.2 Å². The van der Waals surface area contributed by atoms with Crippen LogP contribution in [0, 0.1) is 5.92 Å². The largest absolute Gasteiger partial charge is 0.352 e. The first-order valence-electron chi connectivity index (χ1n) is 10.0. The van der Waals surface area contributed by atoms with Crippen LogP contribution in [0.25, 0.3) is 5.69 Å². The molecule has 2 aromatic rings. The minimum atomic E-state index is -0.291. The summed E-state index contributed by atoms with van der Waals surface area (Å²) in [6, 6.07) is 7.89. The van der Waals surface area contributed by atoms with Crippen LogP contribution in [0.5, 0.6) is 0 Å². The molecule has 3 heterocycles. The van der Waals surface area contributed by atoms with Crippen molar-refractivity contribution in [3.8, 4) is 5.69 Å². The van der Waals surface area contributed by atoms with E-state index in [4.69, 9.17) is 0 Å². The lowest BCUT2D eigenvalue weighted by Gasteiger charge is -2.29. The first-order valence-corrected chi connectivity index (χ1v) is 10.0. The highest BCUT2D eigenvalue weighted by molar-refractivity contribution is 6.14. The van der Waals surface area contributed by atoms with Gasteiger partial charge in [-0.25, -0.2) is 14.0 Å². The molecule has 1 fully saturated rings. The normalized spacial score (nSPS) is 22.9. The molecule has 146 valence electrons. The number of anilines is 1. The number of para-hydroxylation sites is 1. The SMILES string of the molecule is C[C@@H]1CCCC[C@@H]1NC(=O)Cn1nc2n(c1=O)-c1ccccc1C1=NCCN12. The van der Waals surface area contributed by atoms with Crippen molar-refractivity contribution in [2.24, 2.45) is 10.9 Å². The average Bonchev–Trinajstić information content (AvgIpc) is 3.30. The van der Waals surface area contributed by atoms with Gasteiger partial charge < -0.3 is 5.32 Å². The van der Waals surface area contributed by atoms with E-state index >= 15 is 0 Å². The first-order chi connectivity index (χ1) is 13.6. The molecular weight excluding hydrogens is 356 g/mol. The number of hydrogen-bond donors (Lipinski definition) is 1. The minimum absolute atomic E-state index is 0.0649. The lowest BCUT2D eigenvalue weighted by molar-refractivity contribution is -0.123. The van der Waals surface area contributed by atoms with Gasteiger partial charge in [-0.1, -0.05) is 31.9 Å². The maximum Gasteiger partial charge on any atom is 0.352 e. The summed E-state index contributed by atoms with van der Waals surface area (Å²) in [5.74, 6) is 1.71. The van der Waals surface area contributed by atoms with Gasteiger partial charge in [0.25, 0.3) is 0 Å². The lowest BCUT2D eigenvalue weighted by atomic mass is 9.86. The van der Waals surface area contributed by atoms with Gasteiger partial charge in [0.15, 0.2) is 0 Å². The Bertz CT molecular complexity index is 1020. The van der Waals surface area contributed by atoms with Crippen LogP contribution in [0.15, 0.2) is 34.1 Å². The van der Waals surface area contributed by atoms with Gasteiger partial charge in [-0.2, -0.15) is 0 Å². The molecular formula is C20H24N6O2. The van der Waals surface area contributed by atoms with Gasteiger partial charge in [-0.15, -0.1) is 5.10 Å². The second-order valence-electron chi connectivity index (χ2n) is 7.89. The van der Waals surface area contributed by atoms with Crippen molar-refractivity contribution in [1.29, 1.82) is 0 Å². The summed E-state index contributed by atoms with van der Waals surface area (Å²) in [7, 11) is 0.